The van der Waals surface area contributed by atoms with Crippen molar-refractivity contribution >= 4 is 23.1 Å². The number of hydrogen-bond donors (Lipinski definition) is 0. The number of amides is 1. The lowest BCUT2D eigenvalue weighted by Crippen LogP contribution is -2.50. The van der Waals surface area contributed by atoms with Crippen LogP contribution >= 0.6 is 0 Å². The van der Waals surface area contributed by atoms with Crippen molar-refractivity contribution in [1.82, 2.24) is 4.90 Å². The quantitative estimate of drug-likeness (QED) is 0.753. The summed E-state index contributed by atoms with van der Waals surface area (Å²) in [4.78, 5) is 30.8. The molecule has 6 heteroatoms. The number of fused-ring (bicyclic) bond motifs is 1. The largest absolute Gasteiger partial charge is 0.368 e. The predicted octanol–water partition coefficient (Wildman–Crippen LogP) is 2.47. The molecule has 29 heavy (non-hydrogen) atoms. The second-order valence-electron chi connectivity index (χ2n) is 7.59. The molecule has 0 aromatic heterocycles. The van der Waals surface area contributed by atoms with Crippen molar-refractivity contribution in [3.63, 3.8) is 0 Å². The first kappa shape index (κ1) is 19.2. The van der Waals surface area contributed by atoms with Crippen LogP contribution in [0.25, 0.3) is 0 Å². The third kappa shape index (κ3) is 3.87. The highest BCUT2D eigenvalue weighted by Gasteiger charge is 2.27. The van der Waals surface area contributed by atoms with Crippen molar-refractivity contribution in [2.75, 3.05) is 49.1 Å². The predicted molar refractivity (Wildman–Crippen MR) is 112 cm³/mol. The minimum atomic E-state index is -0.00846. The maximum atomic E-state index is 12.8. The Labute approximate surface area is 170 Å². The molecule has 1 saturated heterocycles. The van der Waals surface area contributed by atoms with Gasteiger partial charge in [-0.3, -0.25) is 14.5 Å². The van der Waals surface area contributed by atoms with Gasteiger partial charge in [0.2, 0.25) is 5.91 Å². The zero-order chi connectivity index (χ0) is 20.4. The number of nitrogens with zero attached hydrogens (tertiary/aromatic N) is 4. The highest BCUT2D eigenvalue weighted by molar-refractivity contribution is 5.97. The van der Waals surface area contributed by atoms with Gasteiger partial charge in [0.25, 0.3) is 0 Å². The van der Waals surface area contributed by atoms with Crippen LogP contribution in [-0.4, -0.2) is 55.9 Å². The van der Waals surface area contributed by atoms with Gasteiger partial charge in [-0.15, -0.1) is 0 Å². The van der Waals surface area contributed by atoms with Gasteiger partial charge >= 0.3 is 0 Å². The molecule has 2 heterocycles. The maximum absolute atomic E-state index is 12.8. The second-order valence-corrected chi connectivity index (χ2v) is 7.59. The van der Waals surface area contributed by atoms with Gasteiger partial charge in [-0.25, -0.2) is 0 Å². The van der Waals surface area contributed by atoms with Crippen LogP contribution in [-0.2, 0) is 11.2 Å². The second kappa shape index (κ2) is 8.06. The van der Waals surface area contributed by atoms with Crippen LogP contribution in [0.1, 0.15) is 28.4 Å². The summed E-state index contributed by atoms with van der Waals surface area (Å²) < 4.78 is 0. The summed E-state index contributed by atoms with van der Waals surface area (Å²) in [5.41, 5.74) is 4.27. The van der Waals surface area contributed by atoms with E-state index in [9.17, 15) is 14.9 Å². The Morgan fingerprint density at radius 1 is 1.00 bits per heavy atom. The van der Waals surface area contributed by atoms with Gasteiger partial charge in [-0.1, -0.05) is 18.2 Å². The van der Waals surface area contributed by atoms with Crippen molar-refractivity contribution in [3.8, 4) is 6.07 Å². The molecular formula is C23H24N4O2. The molecule has 2 aromatic carbocycles. The third-order valence-electron chi connectivity index (χ3n) is 5.78. The molecule has 0 saturated carbocycles. The van der Waals surface area contributed by atoms with E-state index in [0.717, 1.165) is 50.5 Å². The van der Waals surface area contributed by atoms with E-state index in [1.807, 2.05) is 29.2 Å². The van der Waals surface area contributed by atoms with Crippen molar-refractivity contribution in [3.05, 3.63) is 59.2 Å². The summed E-state index contributed by atoms with van der Waals surface area (Å²) in [6.45, 7) is 5.63. The van der Waals surface area contributed by atoms with E-state index in [0.29, 0.717) is 17.7 Å². The molecule has 0 bridgehead atoms. The molecule has 2 aliphatic rings. The number of rotatable bonds is 4. The van der Waals surface area contributed by atoms with Crippen LogP contribution in [0.5, 0.6) is 0 Å². The molecule has 0 spiro atoms. The van der Waals surface area contributed by atoms with Crippen LogP contribution in [0.3, 0.4) is 0 Å². The molecule has 1 fully saturated rings. The van der Waals surface area contributed by atoms with E-state index in [4.69, 9.17) is 0 Å². The Morgan fingerprint density at radius 2 is 1.76 bits per heavy atom. The summed E-state index contributed by atoms with van der Waals surface area (Å²) in [6.07, 6.45) is 0.916. The molecule has 2 aliphatic heterocycles. The molecule has 148 valence electrons. The highest BCUT2D eigenvalue weighted by Crippen LogP contribution is 2.28. The zero-order valence-electron chi connectivity index (χ0n) is 16.6. The first-order chi connectivity index (χ1) is 14.1. The number of carbonyl (C=O) groups is 2. The van der Waals surface area contributed by atoms with E-state index in [2.05, 4.69) is 21.9 Å². The fraction of sp³-hybridized carbons (Fsp3) is 0.348. The molecule has 0 aliphatic carbocycles. The van der Waals surface area contributed by atoms with Crippen LogP contribution < -0.4 is 9.80 Å². The Hall–Kier alpha value is -3.17. The fourth-order valence-corrected chi connectivity index (χ4v) is 4.13. The van der Waals surface area contributed by atoms with E-state index < -0.39 is 0 Å². The van der Waals surface area contributed by atoms with Crippen molar-refractivity contribution in [2.45, 2.75) is 13.3 Å². The minimum Gasteiger partial charge on any atom is -0.368 e. The summed E-state index contributed by atoms with van der Waals surface area (Å²) >= 11 is 0. The third-order valence-corrected chi connectivity index (χ3v) is 5.78. The van der Waals surface area contributed by atoms with Gasteiger partial charge in [0.1, 0.15) is 6.07 Å². The average molecular weight is 388 g/mol. The van der Waals surface area contributed by atoms with Crippen LogP contribution in [0.4, 0.5) is 11.4 Å². The number of anilines is 2. The first-order valence-corrected chi connectivity index (χ1v) is 9.97. The number of hydrogen-bond acceptors (Lipinski definition) is 5. The molecule has 1 amide bonds. The number of piperazine rings is 1. The Bertz CT molecular complexity index is 987. The Kier molecular flexibility index (Phi) is 5.32. The number of ketones is 1. The van der Waals surface area contributed by atoms with Gasteiger partial charge < -0.3 is 9.80 Å². The SMILES string of the molecule is CC(=O)c1ccc(C#N)c(N2CCN(CC(=O)N3CCc4ccccc43)CC2)c1. The molecular weight excluding hydrogens is 364 g/mol. The van der Waals surface area contributed by atoms with Gasteiger partial charge in [0.05, 0.1) is 17.8 Å². The molecule has 0 atom stereocenters. The molecule has 4 rings (SSSR count). The van der Waals surface area contributed by atoms with E-state index in [-0.39, 0.29) is 11.7 Å². The lowest BCUT2D eigenvalue weighted by molar-refractivity contribution is -0.119. The van der Waals surface area contributed by atoms with Gasteiger partial charge in [0, 0.05) is 44.0 Å². The zero-order valence-corrected chi connectivity index (χ0v) is 16.6. The first-order valence-electron chi connectivity index (χ1n) is 9.97. The highest BCUT2D eigenvalue weighted by atomic mass is 16.2. The van der Waals surface area contributed by atoms with Gasteiger partial charge in [0.15, 0.2) is 5.78 Å². The summed E-state index contributed by atoms with van der Waals surface area (Å²) in [7, 11) is 0. The molecule has 2 aromatic rings. The molecule has 0 N–H and O–H groups in total. The number of nitriles is 1. The molecule has 0 radical (unpaired) electrons. The normalized spacial score (nSPS) is 16.4. The fourth-order valence-electron chi connectivity index (χ4n) is 4.13. The average Bonchev–Trinajstić information content (AvgIpc) is 3.18. The molecule has 6 nitrogen and oxygen atoms in total. The van der Waals surface area contributed by atoms with Crippen LogP contribution in [0.15, 0.2) is 42.5 Å². The topological polar surface area (TPSA) is 67.6 Å². The summed E-state index contributed by atoms with van der Waals surface area (Å²) in [5, 5.41) is 9.43. The Balaban J connectivity index is 1.39. The minimum absolute atomic E-state index is 0.00846. The standard InChI is InChI=1S/C23H24N4O2/c1-17(28)19-6-7-20(15-24)22(14-19)26-12-10-25(11-13-26)16-23(29)27-9-8-18-4-2-3-5-21(18)27/h2-7,14H,8-13,16H2,1H3. The summed E-state index contributed by atoms with van der Waals surface area (Å²) in [5.74, 6) is 0.130. The van der Waals surface area contributed by atoms with E-state index in [1.165, 1.54) is 12.5 Å². The van der Waals surface area contributed by atoms with Crippen molar-refractivity contribution in [2.24, 2.45) is 0 Å². The number of benzene rings is 2. The van der Waals surface area contributed by atoms with Crippen LogP contribution in [0.2, 0.25) is 0 Å². The van der Waals surface area contributed by atoms with Crippen molar-refractivity contribution < 1.29 is 9.59 Å². The lowest BCUT2D eigenvalue weighted by atomic mass is 10.1. The van der Waals surface area contributed by atoms with Crippen LogP contribution in [0, 0.1) is 11.3 Å². The lowest BCUT2D eigenvalue weighted by Gasteiger charge is -2.36. The number of Topliss-reactive ketones (excluding diaryl/α,β-unsaturated/α-hetero) is 1. The maximum Gasteiger partial charge on any atom is 0.241 e. The van der Waals surface area contributed by atoms with Gasteiger partial charge in [-0.05, 0) is 43.2 Å². The van der Waals surface area contributed by atoms with E-state index >= 15 is 0 Å². The summed E-state index contributed by atoms with van der Waals surface area (Å²) in [6, 6.07) is 15.5. The molecule has 0 unspecified atom stereocenters. The van der Waals surface area contributed by atoms with E-state index in [1.54, 1.807) is 12.1 Å². The monoisotopic (exact) mass is 388 g/mol. The smallest absolute Gasteiger partial charge is 0.241 e. The number of para-hydroxylation sites is 1. The number of carbonyl (C=O) groups excluding carboxylic acids is 2. The van der Waals surface area contributed by atoms with Crippen molar-refractivity contribution in [1.29, 1.82) is 5.26 Å². The van der Waals surface area contributed by atoms with Gasteiger partial charge in [-0.2, -0.15) is 5.26 Å². The Morgan fingerprint density at radius 3 is 2.48 bits per heavy atom.